The summed E-state index contributed by atoms with van der Waals surface area (Å²) in [5.74, 6) is -0.639. The van der Waals surface area contributed by atoms with Crippen molar-refractivity contribution in [1.29, 1.82) is 5.26 Å². The van der Waals surface area contributed by atoms with Gasteiger partial charge in [0.15, 0.2) is 5.17 Å². The number of nitrogens with zero attached hydrogens (tertiary/aromatic N) is 2. The summed E-state index contributed by atoms with van der Waals surface area (Å²) >= 11 is 7.74. The van der Waals surface area contributed by atoms with Crippen LogP contribution in [0.5, 0.6) is 0 Å². The Kier molecular flexibility index (Phi) is 5.88. The van der Waals surface area contributed by atoms with Crippen LogP contribution in [0.25, 0.3) is 0 Å². The predicted octanol–water partition coefficient (Wildman–Crippen LogP) is 3.34. The number of rotatable bonds is 1. The van der Waals surface area contributed by atoms with E-state index >= 15 is 0 Å². The van der Waals surface area contributed by atoms with E-state index in [0.717, 1.165) is 32.1 Å². The van der Waals surface area contributed by atoms with Crippen LogP contribution in [0.4, 0.5) is 9.18 Å². The van der Waals surface area contributed by atoms with E-state index in [9.17, 15) is 9.18 Å². The number of nitrogens with one attached hydrogen (secondary N) is 2. The second-order valence-electron chi connectivity index (χ2n) is 6.74. The average Bonchev–Trinajstić information content (AvgIpc) is 2.85. The van der Waals surface area contributed by atoms with Crippen molar-refractivity contribution in [2.24, 2.45) is 10.9 Å². The molecule has 0 bridgehead atoms. The van der Waals surface area contributed by atoms with E-state index in [-0.39, 0.29) is 11.4 Å². The quantitative estimate of drug-likeness (QED) is 0.547. The molecule has 0 aromatic heterocycles. The third-order valence-electron chi connectivity index (χ3n) is 4.99. The molecule has 0 radical (unpaired) electrons. The van der Waals surface area contributed by atoms with Crippen molar-refractivity contribution >= 4 is 34.6 Å². The van der Waals surface area contributed by atoms with E-state index in [2.05, 4.69) is 15.6 Å². The van der Waals surface area contributed by atoms with Crippen LogP contribution in [0.1, 0.15) is 44.9 Å². The van der Waals surface area contributed by atoms with Gasteiger partial charge in [-0.3, -0.25) is 10.3 Å². The number of thioether (sulfide) groups is 1. The third-order valence-corrected chi connectivity index (χ3v) is 6.63. The fraction of sp³-hybridized carbons (Fsp3) is 0.812. The molecule has 2 amide bonds. The SMILES string of the molecule is N#CC1CCCCC(NC(=O)NC2=N[C@@H]3CCC(Cl)CC3S2)C1F. The number of hydrogen-bond donors (Lipinski definition) is 2. The molecule has 2 aliphatic carbocycles. The summed E-state index contributed by atoms with van der Waals surface area (Å²) in [4.78, 5) is 16.7. The molecular weight excluding hydrogens is 351 g/mol. The molecule has 2 saturated carbocycles. The van der Waals surface area contributed by atoms with Crippen LogP contribution < -0.4 is 10.6 Å². The van der Waals surface area contributed by atoms with Gasteiger partial charge in [0.2, 0.25) is 0 Å². The van der Waals surface area contributed by atoms with Crippen LogP contribution >= 0.6 is 23.4 Å². The van der Waals surface area contributed by atoms with E-state index in [0.29, 0.717) is 23.3 Å². The number of amidine groups is 1. The van der Waals surface area contributed by atoms with Crippen molar-refractivity contribution in [3.8, 4) is 6.07 Å². The van der Waals surface area contributed by atoms with Crippen LogP contribution in [-0.4, -0.2) is 40.1 Å². The fourth-order valence-electron chi connectivity index (χ4n) is 3.64. The number of urea groups is 1. The van der Waals surface area contributed by atoms with Gasteiger partial charge in [0.25, 0.3) is 0 Å². The van der Waals surface area contributed by atoms with Gasteiger partial charge in [0.05, 0.1) is 24.1 Å². The normalized spacial score (nSPS) is 39.1. The maximum atomic E-state index is 14.4. The van der Waals surface area contributed by atoms with Gasteiger partial charge in [-0.15, -0.1) is 11.6 Å². The van der Waals surface area contributed by atoms with Gasteiger partial charge in [0.1, 0.15) is 6.17 Å². The summed E-state index contributed by atoms with van der Waals surface area (Å²) in [5.41, 5.74) is 0. The molecule has 3 rings (SSSR count). The maximum Gasteiger partial charge on any atom is 0.321 e. The Balaban J connectivity index is 1.53. The number of fused-ring (bicyclic) bond motifs is 1. The van der Waals surface area contributed by atoms with Gasteiger partial charge in [0, 0.05) is 10.6 Å². The van der Waals surface area contributed by atoms with Crippen LogP contribution in [-0.2, 0) is 0 Å². The van der Waals surface area contributed by atoms with E-state index in [4.69, 9.17) is 16.9 Å². The molecule has 5 nitrogen and oxygen atoms in total. The van der Waals surface area contributed by atoms with E-state index in [1.54, 1.807) is 11.8 Å². The molecule has 6 atom stereocenters. The molecule has 24 heavy (non-hydrogen) atoms. The summed E-state index contributed by atoms with van der Waals surface area (Å²) in [7, 11) is 0. The number of hydrogen-bond acceptors (Lipinski definition) is 4. The minimum Gasteiger partial charge on any atom is -0.332 e. The Hall–Kier alpha value is -1.00. The first kappa shape index (κ1) is 17.8. The number of alkyl halides is 2. The second kappa shape index (κ2) is 7.92. The highest BCUT2D eigenvalue weighted by atomic mass is 35.5. The second-order valence-corrected chi connectivity index (χ2v) is 8.58. The monoisotopic (exact) mass is 372 g/mol. The summed E-state index contributed by atoms with van der Waals surface area (Å²) < 4.78 is 14.4. The standard InChI is InChI=1S/C16H22ClFN4OS/c17-10-5-6-11-13(7-10)24-16(21-11)22-15(23)20-12-4-2-1-3-9(8-19)14(12)18/h9-14H,1-7H2,(H2,20,21,22,23)/t9?,10?,11-,12?,13?,14?/m1/s1. The zero-order valence-corrected chi connectivity index (χ0v) is 15.0. The Morgan fingerprint density at radius 2 is 2.12 bits per heavy atom. The molecule has 0 spiro atoms. The molecular formula is C16H22ClFN4OS. The first-order valence-corrected chi connectivity index (χ1v) is 9.88. The Labute approximate surface area is 150 Å². The van der Waals surface area contributed by atoms with Gasteiger partial charge in [-0.2, -0.15) is 5.26 Å². The minimum atomic E-state index is -1.32. The first-order valence-electron chi connectivity index (χ1n) is 8.56. The molecule has 0 aromatic carbocycles. The van der Waals surface area contributed by atoms with Gasteiger partial charge in [-0.1, -0.05) is 24.6 Å². The third kappa shape index (κ3) is 4.15. The number of nitriles is 1. The van der Waals surface area contributed by atoms with E-state index < -0.39 is 24.2 Å². The van der Waals surface area contributed by atoms with Crippen LogP contribution in [0.3, 0.4) is 0 Å². The van der Waals surface area contributed by atoms with E-state index in [1.807, 2.05) is 6.07 Å². The molecule has 3 aliphatic rings. The summed E-state index contributed by atoms with van der Waals surface area (Å²) in [6, 6.07) is 1.19. The van der Waals surface area contributed by atoms with Crippen LogP contribution in [0.2, 0.25) is 0 Å². The number of carbonyl (C=O) groups is 1. The predicted molar refractivity (Wildman–Crippen MR) is 94.0 cm³/mol. The van der Waals surface area contributed by atoms with Crippen molar-refractivity contribution in [3.63, 3.8) is 0 Å². The molecule has 1 aliphatic heterocycles. The average molecular weight is 373 g/mol. The van der Waals surface area contributed by atoms with Crippen LogP contribution in [0.15, 0.2) is 4.99 Å². The van der Waals surface area contributed by atoms with Crippen molar-refractivity contribution < 1.29 is 9.18 Å². The molecule has 1 heterocycles. The van der Waals surface area contributed by atoms with E-state index in [1.165, 1.54) is 0 Å². The Morgan fingerprint density at radius 3 is 2.92 bits per heavy atom. The largest absolute Gasteiger partial charge is 0.332 e. The lowest BCUT2D eigenvalue weighted by atomic mass is 9.95. The lowest BCUT2D eigenvalue weighted by molar-refractivity contribution is 0.194. The summed E-state index contributed by atoms with van der Waals surface area (Å²) in [6.45, 7) is 0. The van der Waals surface area contributed by atoms with Crippen molar-refractivity contribution in [3.05, 3.63) is 0 Å². The van der Waals surface area contributed by atoms with Gasteiger partial charge < -0.3 is 5.32 Å². The van der Waals surface area contributed by atoms with Crippen LogP contribution in [0, 0.1) is 17.2 Å². The highest BCUT2D eigenvalue weighted by molar-refractivity contribution is 8.14. The minimum absolute atomic E-state index is 0.184. The fourth-order valence-corrected chi connectivity index (χ4v) is 5.38. The van der Waals surface area contributed by atoms with Gasteiger partial charge >= 0.3 is 6.03 Å². The molecule has 0 aromatic rings. The van der Waals surface area contributed by atoms with Gasteiger partial charge in [-0.25, -0.2) is 9.18 Å². The van der Waals surface area contributed by atoms with Gasteiger partial charge in [-0.05, 0) is 32.1 Å². The lowest BCUT2D eigenvalue weighted by Gasteiger charge is -2.25. The molecule has 2 N–H and O–H groups in total. The molecule has 132 valence electrons. The molecule has 2 fully saturated rings. The zero-order chi connectivity index (χ0) is 17.1. The molecule has 8 heteroatoms. The first-order chi connectivity index (χ1) is 11.6. The highest BCUT2D eigenvalue weighted by Crippen LogP contribution is 2.38. The number of halogens is 2. The lowest BCUT2D eigenvalue weighted by Crippen LogP contribution is -2.48. The molecule has 5 unspecified atom stereocenters. The topological polar surface area (TPSA) is 77.3 Å². The van der Waals surface area contributed by atoms with Crippen molar-refractivity contribution in [2.45, 2.75) is 73.8 Å². The number of aliphatic imine (C=N–C) groups is 1. The smallest absolute Gasteiger partial charge is 0.321 e. The zero-order valence-electron chi connectivity index (χ0n) is 13.4. The van der Waals surface area contributed by atoms with Crippen molar-refractivity contribution in [2.75, 3.05) is 0 Å². The highest BCUT2D eigenvalue weighted by Gasteiger charge is 2.37. The Morgan fingerprint density at radius 1 is 1.33 bits per heavy atom. The summed E-state index contributed by atoms with van der Waals surface area (Å²) in [5, 5.41) is 15.6. The maximum absolute atomic E-state index is 14.4. The summed E-state index contributed by atoms with van der Waals surface area (Å²) in [6.07, 6.45) is 4.23. The number of amides is 2. The van der Waals surface area contributed by atoms with Crippen molar-refractivity contribution in [1.82, 2.24) is 10.6 Å². The number of carbonyl (C=O) groups excluding carboxylic acids is 1. The Bertz CT molecular complexity index is 555. The molecule has 0 saturated heterocycles.